The second-order valence-electron chi connectivity index (χ2n) is 3.74. The lowest BCUT2D eigenvalue weighted by molar-refractivity contribution is 0.0120. The van der Waals surface area contributed by atoms with E-state index >= 15 is 0 Å². The molecule has 2 N–H and O–H groups in total. The molecule has 1 aliphatic rings. The van der Waals surface area contributed by atoms with Crippen molar-refractivity contribution in [3.05, 3.63) is 17.5 Å². The van der Waals surface area contributed by atoms with Gasteiger partial charge in [-0.15, -0.1) is 0 Å². The third kappa shape index (κ3) is 1.81. The zero-order valence-electron chi connectivity index (χ0n) is 8.57. The Labute approximate surface area is 84.0 Å². The number of nitrogens with two attached hydrogens (primary N) is 1. The topological polar surface area (TPSA) is 53.1 Å². The number of hydrogen-bond donors (Lipinski definition) is 1. The predicted octanol–water partition coefficient (Wildman–Crippen LogP) is 1.12. The highest BCUT2D eigenvalue weighted by Crippen LogP contribution is 2.26. The predicted molar refractivity (Wildman–Crippen MR) is 53.6 cm³/mol. The molecule has 78 valence electrons. The van der Waals surface area contributed by atoms with Crippen LogP contribution in [0, 0.1) is 0 Å². The molecule has 0 bridgehead atoms. The van der Waals surface area contributed by atoms with Crippen molar-refractivity contribution in [2.24, 2.45) is 12.8 Å². The molecule has 1 aromatic heterocycles. The van der Waals surface area contributed by atoms with Crippen LogP contribution in [0.3, 0.4) is 0 Å². The minimum absolute atomic E-state index is 0.190. The van der Waals surface area contributed by atoms with Gasteiger partial charge in [0.15, 0.2) is 0 Å². The first-order valence-corrected chi connectivity index (χ1v) is 5.15. The normalized spacial score (nSPS) is 22.6. The van der Waals surface area contributed by atoms with Gasteiger partial charge in [-0.3, -0.25) is 4.68 Å². The number of nitrogens with zero attached hydrogens (tertiary/aromatic N) is 2. The fourth-order valence-corrected chi connectivity index (χ4v) is 1.85. The van der Waals surface area contributed by atoms with E-state index in [1.54, 1.807) is 0 Å². The molecule has 4 heteroatoms. The molecule has 0 aliphatic carbocycles. The Morgan fingerprint density at radius 3 is 3.07 bits per heavy atom. The maximum atomic E-state index is 5.66. The summed E-state index contributed by atoms with van der Waals surface area (Å²) in [5.74, 6) is 0. The Hall–Kier alpha value is -0.870. The Bertz CT molecular complexity index is 302. The van der Waals surface area contributed by atoms with Gasteiger partial charge in [-0.25, -0.2) is 0 Å². The van der Waals surface area contributed by atoms with E-state index in [0.29, 0.717) is 6.54 Å². The summed E-state index contributed by atoms with van der Waals surface area (Å²) in [6.45, 7) is 1.40. The van der Waals surface area contributed by atoms with Crippen LogP contribution >= 0.6 is 0 Å². The highest BCUT2D eigenvalue weighted by Gasteiger charge is 2.19. The Morgan fingerprint density at radius 2 is 2.50 bits per heavy atom. The second-order valence-corrected chi connectivity index (χ2v) is 3.74. The van der Waals surface area contributed by atoms with Crippen molar-refractivity contribution in [3.63, 3.8) is 0 Å². The van der Waals surface area contributed by atoms with E-state index in [2.05, 4.69) is 11.2 Å². The standard InChI is InChI=1S/C10H17N3O/c1-13-8(7-11)6-9(12-13)10-4-2-3-5-14-10/h6,10H,2-5,7,11H2,1H3. The summed E-state index contributed by atoms with van der Waals surface area (Å²) in [6, 6.07) is 2.05. The van der Waals surface area contributed by atoms with E-state index in [9.17, 15) is 0 Å². The van der Waals surface area contributed by atoms with Gasteiger partial charge in [0.05, 0.1) is 11.4 Å². The van der Waals surface area contributed by atoms with Crippen LogP contribution in [0.25, 0.3) is 0 Å². The maximum Gasteiger partial charge on any atom is 0.101 e. The van der Waals surface area contributed by atoms with Crippen LogP contribution < -0.4 is 5.73 Å². The molecule has 0 spiro atoms. The molecule has 2 heterocycles. The molecule has 1 aliphatic heterocycles. The smallest absolute Gasteiger partial charge is 0.101 e. The number of aryl methyl sites for hydroxylation is 1. The zero-order chi connectivity index (χ0) is 9.97. The van der Waals surface area contributed by atoms with Crippen molar-refractivity contribution < 1.29 is 4.74 Å². The monoisotopic (exact) mass is 195 g/mol. The van der Waals surface area contributed by atoms with E-state index < -0.39 is 0 Å². The summed E-state index contributed by atoms with van der Waals surface area (Å²) in [7, 11) is 1.93. The van der Waals surface area contributed by atoms with Crippen LogP contribution in [0.4, 0.5) is 0 Å². The van der Waals surface area contributed by atoms with E-state index in [-0.39, 0.29) is 6.10 Å². The van der Waals surface area contributed by atoms with Gasteiger partial charge in [0, 0.05) is 20.2 Å². The Kier molecular flexibility index (Phi) is 2.84. The average molecular weight is 195 g/mol. The Balaban J connectivity index is 2.14. The van der Waals surface area contributed by atoms with Gasteiger partial charge in [-0.2, -0.15) is 5.10 Å². The average Bonchev–Trinajstić information content (AvgIpc) is 2.61. The van der Waals surface area contributed by atoms with Crippen molar-refractivity contribution in [2.45, 2.75) is 31.9 Å². The van der Waals surface area contributed by atoms with E-state index in [1.807, 2.05) is 11.7 Å². The minimum Gasteiger partial charge on any atom is -0.372 e. The van der Waals surface area contributed by atoms with Crippen LogP contribution in [0.2, 0.25) is 0 Å². The van der Waals surface area contributed by atoms with Crippen molar-refractivity contribution in [1.29, 1.82) is 0 Å². The summed E-state index contributed by atoms with van der Waals surface area (Å²) < 4.78 is 7.50. The molecule has 0 aromatic carbocycles. The summed E-state index contributed by atoms with van der Waals surface area (Å²) in [4.78, 5) is 0. The molecule has 1 saturated heterocycles. The summed E-state index contributed by atoms with van der Waals surface area (Å²) >= 11 is 0. The van der Waals surface area contributed by atoms with Crippen molar-refractivity contribution in [3.8, 4) is 0 Å². The van der Waals surface area contributed by atoms with E-state index in [4.69, 9.17) is 10.5 Å². The van der Waals surface area contributed by atoms with Crippen LogP contribution in [-0.2, 0) is 18.3 Å². The molecule has 1 fully saturated rings. The van der Waals surface area contributed by atoms with Gasteiger partial charge in [0.25, 0.3) is 0 Å². The molecule has 1 unspecified atom stereocenters. The van der Waals surface area contributed by atoms with Crippen molar-refractivity contribution in [1.82, 2.24) is 9.78 Å². The second kappa shape index (κ2) is 4.11. The molecule has 0 saturated carbocycles. The first-order chi connectivity index (χ1) is 6.81. The molecule has 0 amide bonds. The SMILES string of the molecule is Cn1nc(C2CCCCO2)cc1CN. The highest BCUT2D eigenvalue weighted by molar-refractivity contribution is 5.12. The molecular weight excluding hydrogens is 178 g/mol. The summed E-state index contributed by atoms with van der Waals surface area (Å²) in [5, 5.41) is 4.42. The first-order valence-electron chi connectivity index (χ1n) is 5.15. The quantitative estimate of drug-likeness (QED) is 0.769. The van der Waals surface area contributed by atoms with Gasteiger partial charge in [0.1, 0.15) is 6.10 Å². The van der Waals surface area contributed by atoms with Crippen LogP contribution in [0.15, 0.2) is 6.07 Å². The number of aromatic nitrogens is 2. The van der Waals surface area contributed by atoms with Crippen molar-refractivity contribution in [2.75, 3.05) is 6.61 Å². The molecule has 1 atom stereocenters. The minimum atomic E-state index is 0.190. The molecule has 4 nitrogen and oxygen atoms in total. The zero-order valence-corrected chi connectivity index (χ0v) is 8.57. The first kappa shape index (κ1) is 9.68. The maximum absolute atomic E-state index is 5.66. The number of hydrogen-bond acceptors (Lipinski definition) is 3. The third-order valence-electron chi connectivity index (χ3n) is 2.71. The number of ether oxygens (including phenoxy) is 1. The fourth-order valence-electron chi connectivity index (χ4n) is 1.85. The molecule has 2 rings (SSSR count). The van der Waals surface area contributed by atoms with Crippen molar-refractivity contribution >= 4 is 0 Å². The summed E-state index contributed by atoms with van der Waals surface area (Å²) in [5.41, 5.74) is 7.69. The third-order valence-corrected chi connectivity index (χ3v) is 2.71. The van der Waals surface area contributed by atoms with Gasteiger partial charge >= 0.3 is 0 Å². The van der Waals surface area contributed by atoms with Crippen LogP contribution in [0.1, 0.15) is 36.8 Å². The van der Waals surface area contributed by atoms with E-state index in [0.717, 1.165) is 24.4 Å². The van der Waals surface area contributed by atoms with Gasteiger partial charge in [-0.1, -0.05) is 0 Å². The lowest BCUT2D eigenvalue weighted by Crippen LogP contribution is -2.12. The highest BCUT2D eigenvalue weighted by atomic mass is 16.5. The lowest BCUT2D eigenvalue weighted by Gasteiger charge is -2.20. The molecular formula is C10H17N3O. The largest absolute Gasteiger partial charge is 0.372 e. The molecule has 14 heavy (non-hydrogen) atoms. The van der Waals surface area contributed by atoms with Gasteiger partial charge < -0.3 is 10.5 Å². The number of rotatable bonds is 2. The van der Waals surface area contributed by atoms with Crippen LogP contribution in [-0.4, -0.2) is 16.4 Å². The van der Waals surface area contributed by atoms with Gasteiger partial charge in [0.2, 0.25) is 0 Å². The Morgan fingerprint density at radius 1 is 1.64 bits per heavy atom. The summed E-state index contributed by atoms with van der Waals surface area (Å²) in [6.07, 6.45) is 3.68. The molecule has 0 radical (unpaired) electrons. The lowest BCUT2D eigenvalue weighted by atomic mass is 10.1. The van der Waals surface area contributed by atoms with Gasteiger partial charge in [-0.05, 0) is 25.3 Å². The fraction of sp³-hybridized carbons (Fsp3) is 0.700. The molecule has 1 aromatic rings. The van der Waals surface area contributed by atoms with Crippen LogP contribution in [0.5, 0.6) is 0 Å². The van der Waals surface area contributed by atoms with E-state index in [1.165, 1.54) is 12.8 Å².